The number of rotatable bonds is 7. The van der Waals surface area contributed by atoms with Crippen molar-refractivity contribution >= 4 is 9.84 Å². The van der Waals surface area contributed by atoms with E-state index in [1.807, 2.05) is 24.3 Å². The number of aromatic nitrogens is 2. The Morgan fingerprint density at radius 3 is 2.50 bits per heavy atom. The van der Waals surface area contributed by atoms with Crippen LogP contribution in [0.2, 0.25) is 0 Å². The van der Waals surface area contributed by atoms with Gasteiger partial charge in [0.05, 0.1) is 17.5 Å². The van der Waals surface area contributed by atoms with Crippen LogP contribution in [0, 0.1) is 20.8 Å². The van der Waals surface area contributed by atoms with E-state index >= 15 is 0 Å². The van der Waals surface area contributed by atoms with Crippen LogP contribution >= 0.6 is 0 Å². The number of likely N-dealkylation sites (tertiary alicyclic amines) is 1. The van der Waals surface area contributed by atoms with Crippen LogP contribution in [0.5, 0.6) is 5.75 Å². The van der Waals surface area contributed by atoms with E-state index in [9.17, 15) is 8.42 Å². The summed E-state index contributed by atoms with van der Waals surface area (Å²) in [6, 6.07) is 8.46. The quantitative estimate of drug-likeness (QED) is 0.759. The molecule has 1 fully saturated rings. The third kappa shape index (κ3) is 4.58. The smallest absolute Gasteiger partial charge is 0.195 e. The number of hydrogen-bond acceptors (Lipinski definition) is 5. The van der Waals surface area contributed by atoms with Crippen LogP contribution in [-0.4, -0.2) is 47.6 Å². The Kier molecular flexibility index (Phi) is 6.15. The minimum absolute atomic E-state index is 0.0145. The number of sulfone groups is 1. The largest absolute Gasteiger partial charge is 0.491 e. The monoisotopic (exact) mass is 405 g/mol. The molecule has 0 saturated carbocycles. The molecule has 3 rings (SSSR count). The highest BCUT2D eigenvalue weighted by Crippen LogP contribution is 2.30. The molecular weight excluding hydrogens is 374 g/mol. The van der Waals surface area contributed by atoms with E-state index in [1.165, 1.54) is 5.56 Å². The second kappa shape index (κ2) is 8.25. The van der Waals surface area contributed by atoms with Gasteiger partial charge in [0.1, 0.15) is 16.5 Å². The highest BCUT2D eigenvalue weighted by atomic mass is 32.2. The maximum Gasteiger partial charge on any atom is 0.195 e. The zero-order valence-electron chi connectivity index (χ0n) is 17.4. The van der Waals surface area contributed by atoms with E-state index in [0.717, 1.165) is 25.0 Å². The molecule has 3 atom stereocenters. The molecule has 154 valence electrons. The standard InChI is InChI=1S/C21H31N3O3S/c1-14-6-10-20(11-7-14)27-16(3)12-19-9-8-15(2)24(19)13-28(25,26)21-17(4)22-23-18(21)5/h6-7,10-11,15-16,19H,8-9,12-13H2,1-5H3,(H,22,23)/t15-,16-,19-/m0/s1. The molecular formula is C21H31N3O3S. The lowest BCUT2D eigenvalue weighted by Crippen LogP contribution is -2.40. The van der Waals surface area contributed by atoms with Crippen molar-refractivity contribution in [2.75, 3.05) is 5.88 Å². The van der Waals surface area contributed by atoms with Crippen LogP contribution in [0.1, 0.15) is 50.1 Å². The molecule has 0 radical (unpaired) electrons. The summed E-state index contributed by atoms with van der Waals surface area (Å²) in [6.45, 7) is 9.71. The van der Waals surface area contributed by atoms with Crippen molar-refractivity contribution in [1.82, 2.24) is 15.1 Å². The molecule has 0 unspecified atom stereocenters. The minimum Gasteiger partial charge on any atom is -0.491 e. The molecule has 1 aliphatic rings. The predicted molar refractivity (Wildman–Crippen MR) is 110 cm³/mol. The Labute approximate surface area is 168 Å². The Hall–Kier alpha value is -1.86. The molecule has 0 aliphatic carbocycles. The Morgan fingerprint density at radius 1 is 1.21 bits per heavy atom. The summed E-state index contributed by atoms with van der Waals surface area (Å²) in [7, 11) is -3.44. The number of ether oxygens (including phenoxy) is 1. The maximum absolute atomic E-state index is 13.1. The predicted octanol–water partition coefficient (Wildman–Crippen LogP) is 3.78. The second-order valence-electron chi connectivity index (χ2n) is 8.08. The molecule has 1 aliphatic heterocycles. The van der Waals surface area contributed by atoms with Gasteiger partial charge in [-0.3, -0.25) is 10.00 Å². The van der Waals surface area contributed by atoms with Crippen LogP contribution in [-0.2, 0) is 9.84 Å². The second-order valence-corrected chi connectivity index (χ2v) is 9.97. The van der Waals surface area contributed by atoms with Crippen LogP contribution in [0.15, 0.2) is 29.2 Å². The van der Waals surface area contributed by atoms with Crippen molar-refractivity contribution in [2.24, 2.45) is 0 Å². The fourth-order valence-electron chi connectivity index (χ4n) is 4.15. The van der Waals surface area contributed by atoms with Crippen LogP contribution in [0.25, 0.3) is 0 Å². The van der Waals surface area contributed by atoms with Gasteiger partial charge in [-0.2, -0.15) is 5.10 Å². The Bertz CT molecular complexity index is 886. The molecule has 1 aromatic heterocycles. The molecule has 1 aromatic carbocycles. The van der Waals surface area contributed by atoms with Crippen molar-refractivity contribution < 1.29 is 13.2 Å². The molecule has 2 heterocycles. The average Bonchev–Trinajstić information content (AvgIpc) is 3.13. The van der Waals surface area contributed by atoms with Gasteiger partial charge in [0.15, 0.2) is 9.84 Å². The first kappa shape index (κ1) is 20.9. The Balaban J connectivity index is 1.69. The van der Waals surface area contributed by atoms with Crippen LogP contribution in [0.3, 0.4) is 0 Å². The molecule has 0 amide bonds. The number of benzene rings is 1. The highest BCUT2D eigenvalue weighted by Gasteiger charge is 2.36. The van der Waals surface area contributed by atoms with E-state index in [2.05, 4.69) is 35.9 Å². The molecule has 0 bridgehead atoms. The fourth-order valence-corrected chi connectivity index (χ4v) is 6.15. The number of H-pyrrole nitrogens is 1. The van der Waals surface area contributed by atoms with E-state index in [-0.39, 0.29) is 24.1 Å². The summed E-state index contributed by atoms with van der Waals surface area (Å²) in [5.41, 5.74) is 2.35. The van der Waals surface area contributed by atoms with Gasteiger partial charge in [0.2, 0.25) is 0 Å². The molecule has 7 heteroatoms. The summed E-state index contributed by atoms with van der Waals surface area (Å²) >= 11 is 0. The number of aromatic amines is 1. The van der Waals surface area contributed by atoms with Crippen molar-refractivity contribution in [3.63, 3.8) is 0 Å². The van der Waals surface area contributed by atoms with E-state index < -0.39 is 9.84 Å². The lowest BCUT2D eigenvalue weighted by atomic mass is 10.1. The molecule has 28 heavy (non-hydrogen) atoms. The van der Waals surface area contributed by atoms with Gasteiger partial charge < -0.3 is 4.74 Å². The fraction of sp³-hybridized carbons (Fsp3) is 0.571. The van der Waals surface area contributed by atoms with Crippen molar-refractivity contribution in [2.45, 2.75) is 77.0 Å². The summed E-state index contributed by atoms with van der Waals surface area (Å²) < 4.78 is 32.2. The van der Waals surface area contributed by atoms with E-state index in [1.54, 1.807) is 13.8 Å². The van der Waals surface area contributed by atoms with Crippen molar-refractivity contribution in [1.29, 1.82) is 0 Å². The zero-order valence-corrected chi connectivity index (χ0v) is 18.2. The summed E-state index contributed by atoms with van der Waals surface area (Å²) in [5.74, 6) is 0.880. The Morgan fingerprint density at radius 2 is 1.89 bits per heavy atom. The van der Waals surface area contributed by atoms with Gasteiger partial charge in [-0.25, -0.2) is 8.42 Å². The number of aryl methyl sites for hydroxylation is 3. The van der Waals surface area contributed by atoms with E-state index in [4.69, 9.17) is 4.74 Å². The van der Waals surface area contributed by atoms with Gasteiger partial charge >= 0.3 is 0 Å². The summed E-state index contributed by atoms with van der Waals surface area (Å²) in [4.78, 5) is 2.46. The topological polar surface area (TPSA) is 75.3 Å². The lowest BCUT2D eigenvalue weighted by molar-refractivity contribution is 0.147. The molecule has 1 N–H and O–H groups in total. The zero-order chi connectivity index (χ0) is 20.5. The molecule has 2 aromatic rings. The van der Waals surface area contributed by atoms with Crippen LogP contribution in [0.4, 0.5) is 0 Å². The van der Waals surface area contributed by atoms with Gasteiger partial charge in [-0.1, -0.05) is 17.7 Å². The summed E-state index contributed by atoms with van der Waals surface area (Å²) in [5, 5.41) is 6.84. The highest BCUT2D eigenvalue weighted by molar-refractivity contribution is 7.91. The molecule has 1 saturated heterocycles. The first-order chi connectivity index (χ1) is 13.2. The summed E-state index contributed by atoms with van der Waals surface area (Å²) in [6.07, 6.45) is 2.81. The first-order valence-electron chi connectivity index (χ1n) is 9.90. The number of hydrogen-bond donors (Lipinski definition) is 1. The number of nitrogens with one attached hydrogen (secondary N) is 1. The van der Waals surface area contributed by atoms with Gasteiger partial charge in [0, 0.05) is 12.1 Å². The van der Waals surface area contributed by atoms with Crippen LogP contribution < -0.4 is 4.74 Å². The van der Waals surface area contributed by atoms with E-state index in [0.29, 0.717) is 16.3 Å². The third-order valence-electron chi connectivity index (χ3n) is 5.61. The lowest BCUT2D eigenvalue weighted by Gasteiger charge is -2.30. The maximum atomic E-state index is 13.1. The van der Waals surface area contributed by atoms with Crippen molar-refractivity contribution in [3.05, 3.63) is 41.2 Å². The van der Waals surface area contributed by atoms with Gasteiger partial charge in [0.25, 0.3) is 0 Å². The first-order valence-corrected chi connectivity index (χ1v) is 11.6. The molecule has 0 spiro atoms. The van der Waals surface area contributed by atoms with Gasteiger partial charge in [-0.15, -0.1) is 0 Å². The third-order valence-corrected chi connectivity index (χ3v) is 7.47. The van der Waals surface area contributed by atoms with Gasteiger partial charge in [-0.05, 0) is 66.0 Å². The molecule has 6 nitrogen and oxygen atoms in total. The average molecular weight is 406 g/mol. The minimum atomic E-state index is -3.44. The SMILES string of the molecule is Cc1ccc(O[C@@H](C)C[C@@H]2CC[C@H](C)N2CS(=O)(=O)c2c(C)n[nH]c2C)cc1. The normalized spacial score (nSPS) is 21.8. The van der Waals surface area contributed by atoms with Crippen molar-refractivity contribution in [3.8, 4) is 5.75 Å². The number of nitrogens with zero attached hydrogens (tertiary/aromatic N) is 2.